The van der Waals surface area contributed by atoms with E-state index in [2.05, 4.69) is 40.5 Å². The predicted molar refractivity (Wildman–Crippen MR) is 77.3 cm³/mol. The van der Waals surface area contributed by atoms with Crippen LogP contribution in [0.25, 0.3) is 0 Å². The number of hydrogen-bond donors (Lipinski definition) is 1. The summed E-state index contributed by atoms with van der Waals surface area (Å²) in [5.74, 6) is -0.354. The number of aryl methyl sites for hydroxylation is 1. The van der Waals surface area contributed by atoms with E-state index in [1.54, 1.807) is 6.92 Å². The molecule has 1 fully saturated rings. The molecule has 0 unspecified atom stereocenters. The van der Waals surface area contributed by atoms with Crippen LogP contribution in [-0.2, 0) is 0 Å². The Balaban J connectivity index is 2.08. The lowest BCUT2D eigenvalue weighted by Crippen LogP contribution is -2.53. The van der Waals surface area contributed by atoms with Gasteiger partial charge in [-0.25, -0.2) is 14.8 Å². The molecule has 0 spiro atoms. The van der Waals surface area contributed by atoms with E-state index < -0.39 is 5.97 Å². The van der Waals surface area contributed by atoms with Crippen molar-refractivity contribution in [3.63, 3.8) is 0 Å². The third kappa shape index (κ3) is 3.07. The summed E-state index contributed by atoms with van der Waals surface area (Å²) in [6.45, 7) is 12.0. The molecule has 0 saturated carbocycles. The summed E-state index contributed by atoms with van der Waals surface area (Å²) in [6.07, 6.45) is 1.40. The maximum Gasteiger partial charge on any atom is 0.339 e. The Morgan fingerprint density at radius 2 is 1.85 bits per heavy atom. The van der Waals surface area contributed by atoms with Crippen LogP contribution in [0.1, 0.15) is 36.8 Å². The van der Waals surface area contributed by atoms with Crippen LogP contribution in [0, 0.1) is 6.92 Å². The first-order chi connectivity index (χ1) is 9.29. The summed E-state index contributed by atoms with van der Waals surface area (Å²) in [5, 5.41) is 8.99. The maximum absolute atomic E-state index is 11.0. The van der Waals surface area contributed by atoms with E-state index in [-0.39, 0.29) is 11.1 Å². The normalized spacial score (nSPS) is 17.3. The van der Waals surface area contributed by atoms with E-state index in [1.165, 1.54) is 6.20 Å². The number of carboxylic acid groups (broad SMARTS) is 1. The van der Waals surface area contributed by atoms with E-state index >= 15 is 0 Å². The van der Waals surface area contributed by atoms with Crippen molar-refractivity contribution in [3.8, 4) is 0 Å². The summed E-state index contributed by atoms with van der Waals surface area (Å²) in [5.41, 5.74) is 0.860. The number of carboxylic acids is 1. The molecule has 1 aliphatic heterocycles. The van der Waals surface area contributed by atoms with Crippen LogP contribution >= 0.6 is 0 Å². The van der Waals surface area contributed by atoms with E-state index in [4.69, 9.17) is 5.11 Å². The molecule has 1 saturated heterocycles. The minimum atomic E-state index is -0.980. The van der Waals surface area contributed by atoms with E-state index in [1.807, 2.05) is 0 Å². The van der Waals surface area contributed by atoms with Crippen molar-refractivity contribution in [3.05, 3.63) is 17.5 Å². The summed E-state index contributed by atoms with van der Waals surface area (Å²) in [6, 6.07) is 0. The first-order valence-electron chi connectivity index (χ1n) is 6.86. The fraction of sp³-hybridized carbons (Fsp3) is 0.643. The fourth-order valence-corrected chi connectivity index (χ4v) is 2.39. The van der Waals surface area contributed by atoms with Crippen LogP contribution in [-0.4, -0.2) is 57.7 Å². The molecule has 1 aliphatic rings. The van der Waals surface area contributed by atoms with Gasteiger partial charge in [-0.15, -0.1) is 0 Å². The molecule has 2 heterocycles. The standard InChI is InChI=1S/C14H22N4O2/c1-10-11(12(19)20)9-15-13(16-10)17-5-7-18(8-6-17)14(2,3)4/h9H,5-8H2,1-4H3,(H,19,20). The molecule has 0 atom stereocenters. The van der Waals surface area contributed by atoms with Gasteiger partial charge in [0.15, 0.2) is 0 Å². The van der Waals surface area contributed by atoms with Crippen LogP contribution in [0.4, 0.5) is 5.95 Å². The summed E-state index contributed by atoms with van der Waals surface area (Å²) >= 11 is 0. The molecule has 0 aromatic carbocycles. The largest absolute Gasteiger partial charge is 0.478 e. The molecular weight excluding hydrogens is 256 g/mol. The van der Waals surface area contributed by atoms with Gasteiger partial charge in [0.25, 0.3) is 0 Å². The van der Waals surface area contributed by atoms with Gasteiger partial charge >= 0.3 is 5.97 Å². The van der Waals surface area contributed by atoms with Gasteiger partial charge in [0.2, 0.25) is 5.95 Å². The number of carbonyl (C=O) groups is 1. The smallest absolute Gasteiger partial charge is 0.339 e. The molecule has 0 radical (unpaired) electrons. The summed E-state index contributed by atoms with van der Waals surface area (Å²) in [7, 11) is 0. The van der Waals surface area contributed by atoms with Gasteiger partial charge in [-0.05, 0) is 27.7 Å². The fourth-order valence-electron chi connectivity index (χ4n) is 2.39. The molecular formula is C14H22N4O2. The number of nitrogens with zero attached hydrogens (tertiary/aromatic N) is 4. The zero-order valence-corrected chi connectivity index (χ0v) is 12.6. The summed E-state index contributed by atoms with van der Waals surface area (Å²) < 4.78 is 0. The quantitative estimate of drug-likeness (QED) is 0.882. The number of aromatic carboxylic acids is 1. The molecule has 0 amide bonds. The number of aromatic nitrogens is 2. The van der Waals surface area contributed by atoms with Crippen molar-refractivity contribution >= 4 is 11.9 Å². The number of anilines is 1. The van der Waals surface area contributed by atoms with Crippen molar-refractivity contribution in [1.29, 1.82) is 0 Å². The van der Waals surface area contributed by atoms with Crippen LogP contribution < -0.4 is 4.90 Å². The number of piperazine rings is 1. The third-order valence-corrected chi connectivity index (χ3v) is 3.71. The molecule has 0 bridgehead atoms. The lowest BCUT2D eigenvalue weighted by atomic mass is 10.1. The predicted octanol–water partition coefficient (Wildman–Crippen LogP) is 1.40. The Kier molecular flexibility index (Phi) is 3.94. The Labute approximate surface area is 119 Å². The Morgan fingerprint density at radius 1 is 1.25 bits per heavy atom. The van der Waals surface area contributed by atoms with Crippen molar-refractivity contribution in [2.24, 2.45) is 0 Å². The van der Waals surface area contributed by atoms with Gasteiger partial charge in [-0.1, -0.05) is 0 Å². The van der Waals surface area contributed by atoms with Gasteiger partial charge in [0.1, 0.15) is 0 Å². The molecule has 1 N–H and O–H groups in total. The van der Waals surface area contributed by atoms with Gasteiger partial charge < -0.3 is 10.0 Å². The number of rotatable bonds is 2. The van der Waals surface area contributed by atoms with Gasteiger partial charge in [-0.2, -0.15) is 0 Å². The monoisotopic (exact) mass is 278 g/mol. The Morgan fingerprint density at radius 3 is 2.30 bits per heavy atom. The van der Waals surface area contributed by atoms with Crippen molar-refractivity contribution in [2.75, 3.05) is 31.1 Å². The highest BCUT2D eigenvalue weighted by atomic mass is 16.4. The summed E-state index contributed by atoms with van der Waals surface area (Å²) in [4.78, 5) is 24.0. The Hall–Kier alpha value is -1.69. The Bertz CT molecular complexity index is 502. The zero-order valence-electron chi connectivity index (χ0n) is 12.6. The minimum absolute atomic E-state index is 0.169. The molecule has 0 aliphatic carbocycles. The minimum Gasteiger partial charge on any atom is -0.478 e. The average molecular weight is 278 g/mol. The van der Waals surface area contributed by atoms with E-state index in [0.717, 1.165) is 26.2 Å². The highest BCUT2D eigenvalue weighted by Crippen LogP contribution is 2.19. The van der Waals surface area contributed by atoms with Crippen LogP contribution in [0.5, 0.6) is 0 Å². The third-order valence-electron chi connectivity index (χ3n) is 3.71. The molecule has 1 aromatic heterocycles. The molecule has 6 nitrogen and oxygen atoms in total. The van der Waals surface area contributed by atoms with Crippen LogP contribution in [0.3, 0.4) is 0 Å². The van der Waals surface area contributed by atoms with E-state index in [0.29, 0.717) is 11.6 Å². The lowest BCUT2D eigenvalue weighted by molar-refractivity contribution is 0.0695. The highest BCUT2D eigenvalue weighted by Gasteiger charge is 2.27. The molecule has 2 rings (SSSR count). The van der Waals surface area contributed by atoms with Gasteiger partial charge in [0.05, 0.1) is 11.3 Å². The molecule has 20 heavy (non-hydrogen) atoms. The molecule has 6 heteroatoms. The molecule has 110 valence electrons. The lowest BCUT2D eigenvalue weighted by Gasteiger charge is -2.42. The zero-order chi connectivity index (χ0) is 14.9. The van der Waals surface area contributed by atoms with Crippen molar-refractivity contribution in [2.45, 2.75) is 33.2 Å². The highest BCUT2D eigenvalue weighted by molar-refractivity contribution is 5.88. The van der Waals surface area contributed by atoms with Crippen LogP contribution in [0.15, 0.2) is 6.20 Å². The maximum atomic E-state index is 11.0. The topological polar surface area (TPSA) is 69.6 Å². The molecule has 1 aromatic rings. The second kappa shape index (κ2) is 5.36. The second-order valence-corrected chi connectivity index (χ2v) is 6.12. The average Bonchev–Trinajstić information content (AvgIpc) is 2.37. The van der Waals surface area contributed by atoms with Gasteiger partial charge in [-0.3, -0.25) is 4.90 Å². The number of hydrogen-bond acceptors (Lipinski definition) is 5. The first-order valence-corrected chi connectivity index (χ1v) is 6.86. The van der Waals surface area contributed by atoms with Gasteiger partial charge in [0, 0.05) is 37.9 Å². The van der Waals surface area contributed by atoms with E-state index in [9.17, 15) is 4.79 Å². The second-order valence-electron chi connectivity index (χ2n) is 6.12. The first kappa shape index (κ1) is 14.7. The van der Waals surface area contributed by atoms with Crippen LogP contribution in [0.2, 0.25) is 0 Å². The SMILES string of the molecule is Cc1nc(N2CCN(C(C)(C)C)CC2)ncc1C(=O)O. The van der Waals surface area contributed by atoms with Crippen molar-refractivity contribution < 1.29 is 9.90 Å². The van der Waals surface area contributed by atoms with Crippen molar-refractivity contribution in [1.82, 2.24) is 14.9 Å².